The van der Waals surface area contributed by atoms with Gasteiger partial charge in [0.05, 0.1) is 5.56 Å². The van der Waals surface area contributed by atoms with Gasteiger partial charge in [-0.05, 0) is 34.1 Å². The van der Waals surface area contributed by atoms with Crippen molar-refractivity contribution in [1.82, 2.24) is 4.98 Å². The fourth-order valence-corrected chi connectivity index (χ4v) is 1.65. The highest BCUT2D eigenvalue weighted by Gasteiger charge is 2.09. The van der Waals surface area contributed by atoms with Gasteiger partial charge >= 0.3 is 0 Å². The van der Waals surface area contributed by atoms with Gasteiger partial charge in [-0.3, -0.25) is 4.79 Å². The molecule has 2 N–H and O–H groups in total. The predicted octanol–water partition coefficient (Wildman–Crippen LogP) is 2.74. The zero-order chi connectivity index (χ0) is 12.3. The van der Waals surface area contributed by atoms with Crippen LogP contribution in [0.15, 0.2) is 47.1 Å². The number of ether oxygens (including phenoxy) is 1. The zero-order valence-electron chi connectivity index (χ0n) is 8.76. The van der Waals surface area contributed by atoms with Crippen molar-refractivity contribution in [2.24, 2.45) is 5.73 Å². The van der Waals surface area contributed by atoms with Crippen molar-refractivity contribution in [3.05, 3.63) is 52.6 Å². The van der Waals surface area contributed by atoms with E-state index in [1.807, 2.05) is 0 Å². The van der Waals surface area contributed by atoms with E-state index in [9.17, 15) is 4.79 Å². The van der Waals surface area contributed by atoms with Crippen LogP contribution in [0.1, 0.15) is 10.4 Å². The summed E-state index contributed by atoms with van der Waals surface area (Å²) in [5.74, 6) is 0.259. The predicted molar refractivity (Wildman–Crippen MR) is 67.0 cm³/mol. The zero-order valence-corrected chi connectivity index (χ0v) is 10.3. The van der Waals surface area contributed by atoms with E-state index in [0.717, 1.165) is 0 Å². The molecule has 0 atom stereocenters. The molecule has 0 aliphatic heterocycles. The average molecular weight is 293 g/mol. The number of nitrogens with two attached hydrogens (primary N) is 1. The number of nitrogens with zero attached hydrogens (tertiary/aromatic N) is 1. The lowest BCUT2D eigenvalue weighted by atomic mass is 10.2. The normalized spacial score (nSPS) is 9.94. The summed E-state index contributed by atoms with van der Waals surface area (Å²) in [7, 11) is 0. The smallest absolute Gasteiger partial charge is 0.252 e. The highest BCUT2D eigenvalue weighted by atomic mass is 79.9. The minimum absolute atomic E-state index is 0.328. The molecule has 0 saturated carbocycles. The first-order chi connectivity index (χ1) is 8.16. The summed E-state index contributed by atoms with van der Waals surface area (Å²) in [6.07, 6.45) is 0. The van der Waals surface area contributed by atoms with Crippen LogP contribution < -0.4 is 10.5 Å². The van der Waals surface area contributed by atoms with Gasteiger partial charge in [-0.15, -0.1) is 0 Å². The molecule has 0 fully saturated rings. The second kappa shape index (κ2) is 4.97. The Kier molecular flexibility index (Phi) is 3.39. The molecule has 2 rings (SSSR count). The van der Waals surface area contributed by atoms with E-state index in [1.54, 1.807) is 42.5 Å². The van der Waals surface area contributed by atoms with Gasteiger partial charge in [0.2, 0.25) is 5.88 Å². The fraction of sp³-hybridized carbons (Fsp3) is 0. The summed E-state index contributed by atoms with van der Waals surface area (Å²) in [5, 5.41) is 0. The number of rotatable bonds is 3. The number of carbonyl (C=O) groups is 1. The third-order valence-corrected chi connectivity index (χ3v) is 2.50. The lowest BCUT2D eigenvalue weighted by Crippen LogP contribution is -2.12. The maximum atomic E-state index is 11.2. The molecule has 0 saturated heterocycles. The van der Waals surface area contributed by atoms with Crippen LogP contribution in [0.25, 0.3) is 0 Å². The number of amides is 1. The largest absolute Gasteiger partial charge is 0.438 e. The second-order valence-electron chi connectivity index (χ2n) is 3.26. The lowest BCUT2D eigenvalue weighted by Gasteiger charge is -2.07. The van der Waals surface area contributed by atoms with Crippen LogP contribution in [0.3, 0.4) is 0 Å². The number of halogens is 1. The monoisotopic (exact) mass is 292 g/mol. The Labute approximate surface area is 107 Å². The van der Waals surface area contributed by atoms with Crippen molar-refractivity contribution in [3.8, 4) is 11.6 Å². The molecule has 5 heteroatoms. The van der Waals surface area contributed by atoms with Gasteiger partial charge in [0, 0.05) is 6.07 Å². The third-order valence-electron chi connectivity index (χ3n) is 2.06. The van der Waals surface area contributed by atoms with Crippen molar-refractivity contribution in [2.75, 3.05) is 0 Å². The van der Waals surface area contributed by atoms with Crippen molar-refractivity contribution < 1.29 is 9.53 Å². The summed E-state index contributed by atoms with van der Waals surface area (Å²) < 4.78 is 6.17. The Morgan fingerprint density at radius 2 is 1.94 bits per heavy atom. The highest BCUT2D eigenvalue weighted by molar-refractivity contribution is 9.10. The number of carbonyl (C=O) groups excluding carboxylic acids is 1. The van der Waals surface area contributed by atoms with Crippen molar-refractivity contribution >= 4 is 21.8 Å². The Morgan fingerprint density at radius 3 is 2.65 bits per heavy atom. The Bertz CT molecular complexity index is 558. The van der Waals surface area contributed by atoms with E-state index in [-0.39, 0.29) is 0 Å². The number of primary amides is 1. The summed E-state index contributed by atoms with van der Waals surface area (Å²) >= 11 is 3.24. The van der Waals surface area contributed by atoms with E-state index in [0.29, 0.717) is 21.8 Å². The summed E-state index contributed by atoms with van der Waals surface area (Å²) in [5.41, 5.74) is 5.58. The molecule has 1 amide bonds. The van der Waals surface area contributed by atoms with Gasteiger partial charge in [-0.1, -0.05) is 18.2 Å². The van der Waals surface area contributed by atoms with E-state index >= 15 is 0 Å². The SMILES string of the molecule is NC(=O)c1ccccc1Oc1cccc(Br)n1. The Morgan fingerprint density at radius 1 is 1.18 bits per heavy atom. The molecule has 0 unspecified atom stereocenters. The highest BCUT2D eigenvalue weighted by Crippen LogP contribution is 2.24. The second-order valence-corrected chi connectivity index (χ2v) is 4.07. The molecule has 4 nitrogen and oxygen atoms in total. The first-order valence-corrected chi connectivity index (χ1v) is 5.65. The maximum absolute atomic E-state index is 11.2. The first kappa shape index (κ1) is 11.6. The van der Waals surface area contributed by atoms with Crippen molar-refractivity contribution in [1.29, 1.82) is 0 Å². The van der Waals surface area contributed by atoms with Gasteiger partial charge in [-0.2, -0.15) is 0 Å². The maximum Gasteiger partial charge on any atom is 0.252 e. The molecular formula is C12H9BrN2O2. The molecule has 0 radical (unpaired) electrons. The third kappa shape index (κ3) is 2.82. The quantitative estimate of drug-likeness (QED) is 0.885. The molecular weight excluding hydrogens is 284 g/mol. The number of hydrogen-bond acceptors (Lipinski definition) is 3. The molecule has 86 valence electrons. The average Bonchev–Trinajstić information content (AvgIpc) is 2.29. The Balaban J connectivity index is 2.33. The standard InChI is InChI=1S/C12H9BrN2O2/c13-10-6-3-7-11(15-10)17-9-5-2-1-4-8(9)12(14)16/h1-7H,(H2,14,16). The Hall–Kier alpha value is -1.88. The molecule has 0 bridgehead atoms. The molecule has 1 heterocycles. The number of benzene rings is 1. The molecule has 1 aromatic carbocycles. The van der Waals surface area contributed by atoms with E-state index in [1.165, 1.54) is 0 Å². The van der Waals surface area contributed by atoms with Crippen LogP contribution in [0.5, 0.6) is 11.6 Å². The fourth-order valence-electron chi connectivity index (χ4n) is 1.32. The summed E-state index contributed by atoms with van der Waals surface area (Å²) in [4.78, 5) is 15.3. The molecule has 0 aliphatic rings. The minimum atomic E-state index is -0.532. The lowest BCUT2D eigenvalue weighted by molar-refractivity contribution is 0.0998. The molecule has 0 aliphatic carbocycles. The van der Waals surface area contributed by atoms with Gasteiger partial charge in [-0.25, -0.2) is 4.98 Å². The molecule has 0 spiro atoms. The van der Waals surface area contributed by atoms with E-state index < -0.39 is 5.91 Å². The van der Waals surface area contributed by atoms with Gasteiger partial charge in [0.1, 0.15) is 10.4 Å². The van der Waals surface area contributed by atoms with Crippen LogP contribution in [-0.4, -0.2) is 10.9 Å². The van der Waals surface area contributed by atoms with Gasteiger partial charge in [0.25, 0.3) is 5.91 Å². The van der Waals surface area contributed by atoms with Crippen LogP contribution >= 0.6 is 15.9 Å². The van der Waals surface area contributed by atoms with E-state index in [4.69, 9.17) is 10.5 Å². The van der Waals surface area contributed by atoms with Crippen molar-refractivity contribution in [3.63, 3.8) is 0 Å². The van der Waals surface area contributed by atoms with E-state index in [2.05, 4.69) is 20.9 Å². The van der Waals surface area contributed by atoms with Crippen LogP contribution in [-0.2, 0) is 0 Å². The number of hydrogen-bond donors (Lipinski definition) is 1. The number of para-hydroxylation sites is 1. The van der Waals surface area contributed by atoms with Crippen molar-refractivity contribution in [2.45, 2.75) is 0 Å². The molecule has 17 heavy (non-hydrogen) atoms. The number of aromatic nitrogens is 1. The molecule has 2 aromatic rings. The number of pyridine rings is 1. The van der Waals surface area contributed by atoms with Gasteiger partial charge < -0.3 is 10.5 Å². The first-order valence-electron chi connectivity index (χ1n) is 4.86. The van der Waals surface area contributed by atoms with Crippen LogP contribution in [0.4, 0.5) is 0 Å². The topological polar surface area (TPSA) is 65.2 Å². The molecule has 1 aromatic heterocycles. The summed E-state index contributed by atoms with van der Waals surface area (Å²) in [6.45, 7) is 0. The summed E-state index contributed by atoms with van der Waals surface area (Å²) in [6, 6.07) is 12.0. The van der Waals surface area contributed by atoms with Gasteiger partial charge in [0.15, 0.2) is 0 Å². The van der Waals surface area contributed by atoms with Crippen LogP contribution in [0, 0.1) is 0 Å². The minimum Gasteiger partial charge on any atom is -0.438 e. The van der Waals surface area contributed by atoms with Crippen LogP contribution in [0.2, 0.25) is 0 Å².